The summed E-state index contributed by atoms with van der Waals surface area (Å²) < 4.78 is 10.9. The third-order valence-corrected chi connectivity index (χ3v) is 3.80. The Bertz CT molecular complexity index is 478. The van der Waals surface area contributed by atoms with Crippen molar-refractivity contribution >= 4 is 5.91 Å². The summed E-state index contributed by atoms with van der Waals surface area (Å²) in [4.78, 5) is 12.3. The lowest BCUT2D eigenvalue weighted by Gasteiger charge is -2.19. The summed E-state index contributed by atoms with van der Waals surface area (Å²) in [6.07, 6.45) is 0. The van der Waals surface area contributed by atoms with Crippen LogP contribution in [-0.2, 0) is 9.53 Å². The maximum absolute atomic E-state index is 12.3. The quantitative estimate of drug-likeness (QED) is 0.831. The first-order valence-corrected chi connectivity index (χ1v) is 6.56. The van der Waals surface area contributed by atoms with E-state index in [0.717, 1.165) is 11.3 Å². The van der Waals surface area contributed by atoms with Crippen LogP contribution < -0.4 is 15.4 Å². The fourth-order valence-corrected chi connectivity index (χ4v) is 2.66. The average molecular weight is 262 g/mol. The van der Waals surface area contributed by atoms with Crippen molar-refractivity contribution in [2.24, 2.45) is 5.92 Å². The molecular weight excluding hydrogens is 244 g/mol. The van der Waals surface area contributed by atoms with Crippen molar-refractivity contribution in [1.29, 1.82) is 0 Å². The largest absolute Gasteiger partial charge is 0.491 e. The molecule has 2 aliphatic heterocycles. The lowest BCUT2D eigenvalue weighted by molar-refractivity contribution is -0.126. The molecule has 0 spiro atoms. The summed E-state index contributed by atoms with van der Waals surface area (Å²) in [6, 6.07) is 7.86. The van der Waals surface area contributed by atoms with Crippen molar-refractivity contribution in [1.82, 2.24) is 10.6 Å². The van der Waals surface area contributed by atoms with Gasteiger partial charge >= 0.3 is 0 Å². The second-order valence-electron chi connectivity index (χ2n) is 4.95. The molecule has 5 heteroatoms. The highest BCUT2D eigenvalue weighted by atomic mass is 16.5. The van der Waals surface area contributed by atoms with Crippen LogP contribution >= 0.6 is 0 Å². The summed E-state index contributed by atoms with van der Waals surface area (Å²) in [7, 11) is 1.85. The molecule has 1 aromatic rings. The van der Waals surface area contributed by atoms with Crippen LogP contribution in [0.2, 0.25) is 0 Å². The molecule has 0 bridgehead atoms. The molecule has 0 radical (unpaired) electrons. The SMILES string of the molecule is CNC1COCC1C(=O)NC1COc2ccccc21. The van der Waals surface area contributed by atoms with E-state index in [1.54, 1.807) is 0 Å². The highest BCUT2D eigenvalue weighted by Gasteiger charge is 2.35. The minimum atomic E-state index is -0.127. The Morgan fingerprint density at radius 1 is 1.26 bits per heavy atom. The number of para-hydroxylation sites is 1. The molecular formula is C14H18N2O3. The van der Waals surface area contributed by atoms with Gasteiger partial charge in [0.2, 0.25) is 5.91 Å². The van der Waals surface area contributed by atoms with E-state index in [-0.39, 0.29) is 23.9 Å². The van der Waals surface area contributed by atoms with Crippen molar-refractivity contribution in [3.05, 3.63) is 29.8 Å². The molecule has 1 aromatic carbocycles. The third kappa shape index (κ3) is 2.31. The molecule has 0 saturated carbocycles. The van der Waals surface area contributed by atoms with Gasteiger partial charge in [0.1, 0.15) is 12.4 Å². The lowest BCUT2D eigenvalue weighted by Crippen LogP contribution is -2.44. The number of rotatable bonds is 3. The summed E-state index contributed by atoms with van der Waals surface area (Å²) in [6.45, 7) is 1.57. The van der Waals surface area contributed by atoms with Crippen molar-refractivity contribution in [3.63, 3.8) is 0 Å². The molecule has 0 aromatic heterocycles. The monoisotopic (exact) mass is 262 g/mol. The Kier molecular flexibility index (Phi) is 3.40. The van der Waals surface area contributed by atoms with Crippen LogP contribution in [0.1, 0.15) is 11.6 Å². The zero-order valence-corrected chi connectivity index (χ0v) is 10.9. The molecule has 5 nitrogen and oxygen atoms in total. The van der Waals surface area contributed by atoms with Crippen LogP contribution in [0.15, 0.2) is 24.3 Å². The smallest absolute Gasteiger partial charge is 0.227 e. The molecule has 0 aliphatic carbocycles. The van der Waals surface area contributed by atoms with Crippen LogP contribution in [0.4, 0.5) is 0 Å². The highest BCUT2D eigenvalue weighted by molar-refractivity contribution is 5.80. The molecule has 1 saturated heterocycles. The number of ether oxygens (including phenoxy) is 2. The van der Waals surface area contributed by atoms with Crippen LogP contribution in [0.5, 0.6) is 5.75 Å². The summed E-state index contributed by atoms with van der Waals surface area (Å²) >= 11 is 0. The Morgan fingerprint density at radius 3 is 2.95 bits per heavy atom. The molecule has 2 N–H and O–H groups in total. The van der Waals surface area contributed by atoms with Gasteiger partial charge in [-0.1, -0.05) is 18.2 Å². The number of carbonyl (C=O) groups is 1. The molecule has 102 valence electrons. The number of carbonyl (C=O) groups excluding carboxylic acids is 1. The molecule has 2 heterocycles. The van der Waals surface area contributed by atoms with Crippen LogP contribution in [0, 0.1) is 5.92 Å². The van der Waals surface area contributed by atoms with Gasteiger partial charge in [0.25, 0.3) is 0 Å². The van der Waals surface area contributed by atoms with Crippen LogP contribution in [0.3, 0.4) is 0 Å². The minimum absolute atomic E-state index is 0.0298. The topological polar surface area (TPSA) is 59.6 Å². The maximum atomic E-state index is 12.3. The first-order chi connectivity index (χ1) is 9.29. The van der Waals surface area contributed by atoms with Gasteiger partial charge in [-0.2, -0.15) is 0 Å². The molecule has 3 atom stereocenters. The Labute approximate surface area is 112 Å². The fourth-order valence-electron chi connectivity index (χ4n) is 2.66. The van der Waals surface area contributed by atoms with Crippen molar-refractivity contribution in [2.75, 3.05) is 26.9 Å². The highest BCUT2D eigenvalue weighted by Crippen LogP contribution is 2.32. The van der Waals surface area contributed by atoms with E-state index in [1.165, 1.54) is 0 Å². The van der Waals surface area contributed by atoms with Crippen molar-refractivity contribution in [2.45, 2.75) is 12.1 Å². The van der Waals surface area contributed by atoms with E-state index in [9.17, 15) is 4.79 Å². The Hall–Kier alpha value is -1.59. The first-order valence-electron chi connectivity index (χ1n) is 6.56. The van der Waals surface area contributed by atoms with Gasteiger partial charge in [-0.15, -0.1) is 0 Å². The zero-order chi connectivity index (χ0) is 13.2. The molecule has 3 unspecified atom stereocenters. The van der Waals surface area contributed by atoms with E-state index in [2.05, 4.69) is 10.6 Å². The second-order valence-corrected chi connectivity index (χ2v) is 4.95. The number of amides is 1. The van der Waals surface area contributed by atoms with Gasteiger partial charge in [-0.25, -0.2) is 0 Å². The van der Waals surface area contributed by atoms with E-state index in [1.807, 2.05) is 31.3 Å². The third-order valence-electron chi connectivity index (χ3n) is 3.80. The van der Waals surface area contributed by atoms with Gasteiger partial charge < -0.3 is 20.1 Å². The predicted molar refractivity (Wildman–Crippen MR) is 70.0 cm³/mol. The predicted octanol–water partition coefficient (Wildman–Crippen LogP) is 0.471. The number of hydrogen-bond donors (Lipinski definition) is 2. The van der Waals surface area contributed by atoms with Gasteiger partial charge in [0, 0.05) is 11.6 Å². The number of fused-ring (bicyclic) bond motifs is 1. The van der Waals surface area contributed by atoms with Crippen LogP contribution in [0.25, 0.3) is 0 Å². The van der Waals surface area contributed by atoms with E-state index >= 15 is 0 Å². The standard InChI is InChI=1S/C14H18N2O3/c1-15-11-7-18-6-10(11)14(17)16-12-8-19-13-5-3-2-4-9(12)13/h2-5,10-12,15H,6-8H2,1H3,(H,16,17). The normalized spacial score (nSPS) is 28.8. The minimum Gasteiger partial charge on any atom is -0.491 e. The van der Waals surface area contributed by atoms with Crippen molar-refractivity contribution in [3.8, 4) is 5.75 Å². The fraction of sp³-hybridized carbons (Fsp3) is 0.500. The van der Waals surface area contributed by atoms with E-state index in [4.69, 9.17) is 9.47 Å². The van der Waals surface area contributed by atoms with Gasteiger partial charge in [-0.3, -0.25) is 4.79 Å². The summed E-state index contributed by atoms with van der Waals surface area (Å²) in [5.74, 6) is 0.764. The van der Waals surface area contributed by atoms with Crippen LogP contribution in [-0.4, -0.2) is 38.8 Å². The summed E-state index contributed by atoms with van der Waals surface area (Å²) in [5.41, 5.74) is 1.05. The summed E-state index contributed by atoms with van der Waals surface area (Å²) in [5, 5.41) is 6.18. The molecule has 1 fully saturated rings. The number of hydrogen-bond acceptors (Lipinski definition) is 4. The maximum Gasteiger partial charge on any atom is 0.227 e. The lowest BCUT2D eigenvalue weighted by atomic mass is 10.0. The molecule has 2 aliphatic rings. The van der Waals surface area contributed by atoms with Gasteiger partial charge in [-0.05, 0) is 13.1 Å². The second kappa shape index (κ2) is 5.19. The molecule has 3 rings (SSSR count). The van der Waals surface area contributed by atoms with E-state index < -0.39 is 0 Å². The first kappa shape index (κ1) is 12.4. The molecule has 19 heavy (non-hydrogen) atoms. The van der Waals surface area contributed by atoms with Gasteiger partial charge in [0.05, 0.1) is 25.2 Å². The number of benzene rings is 1. The average Bonchev–Trinajstić information content (AvgIpc) is 3.05. The molecule has 1 amide bonds. The Balaban J connectivity index is 1.68. The van der Waals surface area contributed by atoms with E-state index in [0.29, 0.717) is 19.8 Å². The van der Waals surface area contributed by atoms with Crippen molar-refractivity contribution < 1.29 is 14.3 Å². The zero-order valence-electron chi connectivity index (χ0n) is 10.9. The number of likely N-dealkylation sites (N-methyl/N-ethyl adjacent to an activating group) is 1. The van der Waals surface area contributed by atoms with Gasteiger partial charge in [0.15, 0.2) is 0 Å². The number of nitrogens with one attached hydrogen (secondary N) is 2. The Morgan fingerprint density at radius 2 is 2.11 bits per heavy atom.